The van der Waals surface area contributed by atoms with E-state index in [0.29, 0.717) is 6.04 Å². The molecule has 1 aromatic rings. The zero-order valence-corrected chi connectivity index (χ0v) is 9.29. The van der Waals surface area contributed by atoms with Crippen LogP contribution < -0.4 is 5.32 Å². The second kappa shape index (κ2) is 5.78. The number of rotatable bonds is 5. The zero-order valence-electron chi connectivity index (χ0n) is 9.29. The lowest BCUT2D eigenvalue weighted by Gasteiger charge is -2.09. The molecule has 0 saturated heterocycles. The van der Waals surface area contributed by atoms with E-state index >= 15 is 0 Å². The number of quaternary nitrogens is 1. The van der Waals surface area contributed by atoms with Gasteiger partial charge in [0.2, 0.25) is 0 Å². The van der Waals surface area contributed by atoms with Crippen molar-refractivity contribution in [1.29, 1.82) is 0 Å². The van der Waals surface area contributed by atoms with Crippen molar-refractivity contribution in [2.24, 2.45) is 0 Å². The number of methoxy groups -OCH3 is 1. The molecule has 14 heavy (non-hydrogen) atoms. The van der Waals surface area contributed by atoms with Crippen LogP contribution in [0.15, 0.2) is 24.3 Å². The van der Waals surface area contributed by atoms with Crippen LogP contribution in [0.2, 0.25) is 0 Å². The predicted octanol–water partition coefficient (Wildman–Crippen LogP) is 1.09. The van der Waals surface area contributed by atoms with Crippen molar-refractivity contribution in [3.8, 4) is 0 Å². The minimum absolute atomic E-state index is 0.529. The Labute approximate surface area is 86.3 Å². The molecular weight excluding hydrogens is 174 g/mol. The minimum Gasteiger partial charge on any atom is -0.379 e. The average molecular weight is 194 g/mol. The van der Waals surface area contributed by atoms with Crippen LogP contribution >= 0.6 is 0 Å². The van der Waals surface area contributed by atoms with Gasteiger partial charge >= 0.3 is 0 Å². The van der Waals surface area contributed by atoms with Gasteiger partial charge in [0.1, 0.15) is 12.6 Å². The van der Waals surface area contributed by atoms with Crippen molar-refractivity contribution >= 4 is 0 Å². The molecule has 0 unspecified atom stereocenters. The molecule has 1 aromatic carbocycles. The molecule has 1 rings (SSSR count). The SMILES string of the molecule is COC[C@H](C)[NH2+]Cc1ccc(C)cc1. The van der Waals surface area contributed by atoms with Crippen LogP contribution in [-0.2, 0) is 11.3 Å². The Balaban J connectivity index is 2.34. The summed E-state index contributed by atoms with van der Waals surface area (Å²) in [5.41, 5.74) is 2.69. The van der Waals surface area contributed by atoms with Gasteiger partial charge in [-0.05, 0) is 13.8 Å². The molecule has 2 N–H and O–H groups in total. The molecule has 0 spiro atoms. The highest BCUT2D eigenvalue weighted by molar-refractivity contribution is 5.20. The summed E-state index contributed by atoms with van der Waals surface area (Å²) in [6.07, 6.45) is 0. The Morgan fingerprint density at radius 3 is 2.50 bits per heavy atom. The lowest BCUT2D eigenvalue weighted by Crippen LogP contribution is -2.88. The van der Waals surface area contributed by atoms with Gasteiger partial charge < -0.3 is 10.1 Å². The van der Waals surface area contributed by atoms with E-state index in [4.69, 9.17) is 4.74 Å². The van der Waals surface area contributed by atoms with Gasteiger partial charge in [0, 0.05) is 12.7 Å². The summed E-state index contributed by atoms with van der Waals surface area (Å²) in [7, 11) is 1.75. The van der Waals surface area contributed by atoms with Gasteiger partial charge in [0.15, 0.2) is 0 Å². The molecule has 2 heteroatoms. The maximum Gasteiger partial charge on any atom is 0.107 e. The van der Waals surface area contributed by atoms with E-state index < -0.39 is 0 Å². The Kier molecular flexibility index (Phi) is 4.63. The van der Waals surface area contributed by atoms with Crippen molar-refractivity contribution in [3.05, 3.63) is 35.4 Å². The molecule has 1 atom stereocenters. The standard InChI is InChI=1S/C12H19NO/c1-10-4-6-12(7-5-10)8-13-11(2)9-14-3/h4-7,11,13H,8-9H2,1-3H3/p+1/t11-/m0/s1. The van der Waals surface area contributed by atoms with E-state index in [1.807, 2.05) is 0 Å². The number of nitrogens with two attached hydrogens (primary N) is 1. The molecule has 0 aliphatic heterocycles. The molecule has 2 nitrogen and oxygen atoms in total. The zero-order chi connectivity index (χ0) is 10.4. The van der Waals surface area contributed by atoms with Crippen molar-refractivity contribution in [2.45, 2.75) is 26.4 Å². The first-order valence-electron chi connectivity index (χ1n) is 5.10. The van der Waals surface area contributed by atoms with Crippen molar-refractivity contribution in [1.82, 2.24) is 0 Å². The van der Waals surface area contributed by atoms with Gasteiger partial charge in [0.05, 0.1) is 6.61 Å². The minimum atomic E-state index is 0.529. The summed E-state index contributed by atoms with van der Waals surface area (Å²) in [5, 5.41) is 2.30. The number of hydrogen-bond acceptors (Lipinski definition) is 1. The number of hydrogen-bond donors (Lipinski definition) is 1. The van der Waals surface area contributed by atoms with E-state index in [1.54, 1.807) is 7.11 Å². The van der Waals surface area contributed by atoms with Crippen LogP contribution in [-0.4, -0.2) is 19.8 Å². The van der Waals surface area contributed by atoms with Gasteiger partial charge in [0.25, 0.3) is 0 Å². The fourth-order valence-corrected chi connectivity index (χ4v) is 1.39. The third-order valence-corrected chi connectivity index (χ3v) is 2.31. The highest BCUT2D eigenvalue weighted by Crippen LogP contribution is 2.00. The van der Waals surface area contributed by atoms with Gasteiger partial charge in [-0.2, -0.15) is 0 Å². The summed E-state index contributed by atoms with van der Waals surface area (Å²) in [6, 6.07) is 9.21. The molecule has 0 aliphatic carbocycles. The number of benzene rings is 1. The summed E-state index contributed by atoms with van der Waals surface area (Å²) < 4.78 is 5.08. The molecule has 0 aromatic heterocycles. The average Bonchev–Trinajstić information content (AvgIpc) is 2.17. The van der Waals surface area contributed by atoms with Gasteiger partial charge in [-0.1, -0.05) is 29.8 Å². The number of ether oxygens (including phenoxy) is 1. The van der Waals surface area contributed by atoms with Crippen LogP contribution in [0.25, 0.3) is 0 Å². The van der Waals surface area contributed by atoms with Crippen LogP contribution in [0.3, 0.4) is 0 Å². The normalized spacial score (nSPS) is 12.8. The van der Waals surface area contributed by atoms with Crippen molar-refractivity contribution in [3.63, 3.8) is 0 Å². The largest absolute Gasteiger partial charge is 0.379 e. The molecule has 78 valence electrons. The Morgan fingerprint density at radius 1 is 1.29 bits per heavy atom. The maximum absolute atomic E-state index is 5.08. The first kappa shape index (κ1) is 11.2. The summed E-state index contributed by atoms with van der Waals surface area (Å²) >= 11 is 0. The second-order valence-electron chi connectivity index (χ2n) is 3.86. The maximum atomic E-state index is 5.08. The van der Waals surface area contributed by atoms with Gasteiger partial charge in [-0.3, -0.25) is 0 Å². The molecule has 0 aliphatic rings. The predicted molar refractivity (Wildman–Crippen MR) is 58.1 cm³/mol. The fraction of sp³-hybridized carbons (Fsp3) is 0.500. The quantitative estimate of drug-likeness (QED) is 0.746. The molecule has 0 amide bonds. The third-order valence-electron chi connectivity index (χ3n) is 2.31. The van der Waals surface area contributed by atoms with E-state index in [-0.39, 0.29) is 0 Å². The van der Waals surface area contributed by atoms with Crippen molar-refractivity contribution < 1.29 is 10.1 Å². The molecule has 0 heterocycles. The van der Waals surface area contributed by atoms with Crippen LogP contribution in [0, 0.1) is 6.92 Å². The Hall–Kier alpha value is -0.860. The molecule has 0 saturated carbocycles. The lowest BCUT2D eigenvalue weighted by molar-refractivity contribution is -0.702. The highest BCUT2D eigenvalue weighted by Gasteiger charge is 2.03. The third kappa shape index (κ3) is 3.90. The van der Waals surface area contributed by atoms with Crippen LogP contribution in [0.1, 0.15) is 18.1 Å². The van der Waals surface area contributed by atoms with E-state index in [9.17, 15) is 0 Å². The topological polar surface area (TPSA) is 25.8 Å². The lowest BCUT2D eigenvalue weighted by atomic mass is 10.1. The fourth-order valence-electron chi connectivity index (χ4n) is 1.39. The molecular formula is C12H20NO+. The van der Waals surface area contributed by atoms with E-state index in [2.05, 4.69) is 43.4 Å². The first-order chi connectivity index (χ1) is 6.72. The van der Waals surface area contributed by atoms with Crippen LogP contribution in [0.4, 0.5) is 0 Å². The van der Waals surface area contributed by atoms with Crippen molar-refractivity contribution in [2.75, 3.05) is 13.7 Å². The van der Waals surface area contributed by atoms with E-state index in [1.165, 1.54) is 11.1 Å². The monoisotopic (exact) mass is 194 g/mol. The Morgan fingerprint density at radius 2 is 1.93 bits per heavy atom. The van der Waals surface area contributed by atoms with Gasteiger partial charge in [-0.25, -0.2) is 0 Å². The Bertz CT molecular complexity index is 256. The summed E-state index contributed by atoms with van der Waals surface area (Å²) in [5.74, 6) is 0. The van der Waals surface area contributed by atoms with Gasteiger partial charge in [-0.15, -0.1) is 0 Å². The summed E-state index contributed by atoms with van der Waals surface area (Å²) in [6.45, 7) is 6.13. The molecule has 0 bridgehead atoms. The number of aryl methyl sites for hydroxylation is 1. The van der Waals surface area contributed by atoms with E-state index in [0.717, 1.165) is 13.2 Å². The summed E-state index contributed by atoms with van der Waals surface area (Å²) in [4.78, 5) is 0. The molecule has 0 radical (unpaired) electrons. The van der Waals surface area contributed by atoms with Crippen LogP contribution in [0.5, 0.6) is 0 Å². The highest BCUT2D eigenvalue weighted by atomic mass is 16.5. The molecule has 0 fully saturated rings. The first-order valence-corrected chi connectivity index (χ1v) is 5.10. The second-order valence-corrected chi connectivity index (χ2v) is 3.86. The smallest absolute Gasteiger partial charge is 0.107 e.